The molecule has 0 bridgehead atoms. The first-order valence-corrected chi connectivity index (χ1v) is 11.5. The van der Waals surface area contributed by atoms with Gasteiger partial charge in [-0.15, -0.1) is 0 Å². The molecule has 6 rings (SSSR count). The summed E-state index contributed by atoms with van der Waals surface area (Å²) in [6.07, 6.45) is 0.0419. The molecule has 176 valence electrons. The number of hydrogen-bond acceptors (Lipinski definition) is 7. The molecule has 2 aliphatic rings. The van der Waals surface area contributed by atoms with Crippen molar-refractivity contribution in [2.45, 2.75) is 32.1 Å². The summed E-state index contributed by atoms with van der Waals surface area (Å²) in [6.45, 7) is 1.81. The van der Waals surface area contributed by atoms with E-state index in [1.54, 1.807) is 29.7 Å². The molecule has 36 heavy (non-hydrogen) atoms. The van der Waals surface area contributed by atoms with E-state index in [0.717, 1.165) is 16.5 Å². The van der Waals surface area contributed by atoms with Crippen LogP contribution in [0.3, 0.4) is 0 Å². The SMILES string of the molecule is CC[C@@]1(OC(=O)c2ccccc2C#N)C(=O)OCc2c1cc1n(c2=O)Cc2cc3ccccc3nc2-1. The number of carbonyl (C=O) groups excluding carboxylic acids is 2. The third-order valence-corrected chi connectivity index (χ3v) is 6.92. The molecular weight excluding hydrogens is 458 g/mol. The normalized spacial score (nSPS) is 17.5. The van der Waals surface area contributed by atoms with Gasteiger partial charge in [0.25, 0.3) is 5.56 Å². The molecule has 8 nitrogen and oxygen atoms in total. The van der Waals surface area contributed by atoms with E-state index in [-0.39, 0.29) is 35.3 Å². The third kappa shape index (κ3) is 2.99. The number of carbonyl (C=O) groups is 2. The van der Waals surface area contributed by atoms with Gasteiger partial charge in [-0.1, -0.05) is 37.3 Å². The van der Waals surface area contributed by atoms with Crippen LogP contribution in [0.4, 0.5) is 0 Å². The lowest BCUT2D eigenvalue weighted by Crippen LogP contribution is -2.47. The Bertz CT molecular complexity index is 1720. The van der Waals surface area contributed by atoms with E-state index in [9.17, 15) is 19.6 Å². The maximum Gasteiger partial charge on any atom is 0.355 e. The molecular formula is C28H19N3O5. The molecule has 0 fully saturated rings. The Balaban J connectivity index is 1.53. The second-order valence-electron chi connectivity index (χ2n) is 8.81. The Morgan fingerprint density at radius 3 is 2.75 bits per heavy atom. The second kappa shape index (κ2) is 7.89. The zero-order chi connectivity index (χ0) is 25.0. The van der Waals surface area contributed by atoms with Crippen LogP contribution in [0, 0.1) is 11.3 Å². The lowest BCUT2D eigenvalue weighted by atomic mass is 9.85. The number of para-hydroxylation sites is 1. The molecule has 0 radical (unpaired) electrons. The van der Waals surface area contributed by atoms with Crippen LogP contribution < -0.4 is 5.56 Å². The van der Waals surface area contributed by atoms with Crippen LogP contribution >= 0.6 is 0 Å². The standard InChI is InChI=1S/C28H19N3O5/c1-2-28(36-26(33)19-9-5-3-8-17(19)13-29)21-12-23-24-18(11-16-7-4-6-10-22(16)30-24)14-31(23)25(32)20(21)15-35-27(28)34/h3-12H,2,14-15H2,1H3/t28-/m0/s1. The summed E-state index contributed by atoms with van der Waals surface area (Å²) in [5, 5.41) is 10.4. The van der Waals surface area contributed by atoms with Crippen LogP contribution in [0.15, 0.2) is 65.5 Å². The highest BCUT2D eigenvalue weighted by molar-refractivity contribution is 5.96. The Morgan fingerprint density at radius 2 is 1.94 bits per heavy atom. The van der Waals surface area contributed by atoms with E-state index in [1.165, 1.54) is 12.1 Å². The number of ether oxygens (including phenoxy) is 2. The van der Waals surface area contributed by atoms with Crippen LogP contribution in [0.1, 0.15) is 46.0 Å². The minimum absolute atomic E-state index is 0.0316. The van der Waals surface area contributed by atoms with Gasteiger partial charge < -0.3 is 14.0 Å². The number of aromatic nitrogens is 2. The first-order chi connectivity index (χ1) is 17.5. The minimum atomic E-state index is -1.83. The lowest BCUT2D eigenvalue weighted by molar-refractivity contribution is -0.173. The van der Waals surface area contributed by atoms with Gasteiger partial charge in [-0.25, -0.2) is 14.6 Å². The van der Waals surface area contributed by atoms with E-state index in [4.69, 9.17) is 14.5 Å². The summed E-state index contributed by atoms with van der Waals surface area (Å²) in [7, 11) is 0. The molecule has 4 aromatic rings. The van der Waals surface area contributed by atoms with Gasteiger partial charge in [0.2, 0.25) is 5.60 Å². The molecule has 2 aromatic carbocycles. The molecule has 0 N–H and O–H groups in total. The van der Waals surface area contributed by atoms with Gasteiger partial charge in [-0.3, -0.25) is 4.79 Å². The number of cyclic esters (lactones) is 1. The highest BCUT2D eigenvalue weighted by Crippen LogP contribution is 2.41. The molecule has 4 heterocycles. The fourth-order valence-corrected chi connectivity index (χ4v) is 5.05. The summed E-state index contributed by atoms with van der Waals surface area (Å²) in [5.41, 5.74) is 1.45. The molecule has 0 saturated heterocycles. The summed E-state index contributed by atoms with van der Waals surface area (Å²) in [4.78, 5) is 44.8. The number of nitriles is 1. The molecule has 8 heteroatoms. The number of rotatable bonds is 3. The number of hydrogen-bond donors (Lipinski definition) is 0. The fraction of sp³-hybridized carbons (Fsp3) is 0.179. The Kier molecular flexibility index (Phi) is 4.76. The Morgan fingerprint density at radius 1 is 1.17 bits per heavy atom. The maximum atomic E-state index is 13.6. The van der Waals surface area contributed by atoms with Gasteiger partial charge in [-0.2, -0.15) is 5.26 Å². The molecule has 0 saturated carbocycles. The monoisotopic (exact) mass is 477 g/mol. The molecule has 0 spiro atoms. The highest BCUT2D eigenvalue weighted by Gasteiger charge is 2.50. The maximum absolute atomic E-state index is 13.6. The van der Waals surface area contributed by atoms with E-state index >= 15 is 0 Å². The largest absolute Gasteiger partial charge is 0.457 e. The first-order valence-electron chi connectivity index (χ1n) is 11.5. The van der Waals surface area contributed by atoms with Gasteiger partial charge >= 0.3 is 11.9 Å². The number of benzene rings is 2. The third-order valence-electron chi connectivity index (χ3n) is 6.92. The van der Waals surface area contributed by atoms with Crippen molar-refractivity contribution in [2.24, 2.45) is 0 Å². The summed E-state index contributed by atoms with van der Waals surface area (Å²) >= 11 is 0. The predicted molar refractivity (Wildman–Crippen MR) is 129 cm³/mol. The average Bonchev–Trinajstić information content (AvgIpc) is 3.26. The van der Waals surface area contributed by atoms with E-state index in [0.29, 0.717) is 23.5 Å². The average molecular weight is 477 g/mol. The smallest absolute Gasteiger partial charge is 0.355 e. The second-order valence-corrected chi connectivity index (χ2v) is 8.81. The van der Waals surface area contributed by atoms with Crippen molar-refractivity contribution in [1.82, 2.24) is 9.55 Å². The van der Waals surface area contributed by atoms with Crippen molar-refractivity contribution in [1.29, 1.82) is 5.26 Å². The number of esters is 2. The quantitative estimate of drug-likeness (QED) is 0.363. The summed E-state index contributed by atoms with van der Waals surface area (Å²) in [6, 6.07) is 19.6. The van der Waals surface area contributed by atoms with Crippen LogP contribution in [0.5, 0.6) is 0 Å². The molecule has 2 aliphatic heterocycles. The highest BCUT2D eigenvalue weighted by atomic mass is 16.6. The zero-order valence-electron chi connectivity index (χ0n) is 19.3. The van der Waals surface area contributed by atoms with Crippen LogP contribution in [0.25, 0.3) is 22.3 Å². The lowest BCUT2D eigenvalue weighted by Gasteiger charge is -2.35. The van der Waals surface area contributed by atoms with Crippen LogP contribution in [-0.2, 0) is 33.0 Å². The van der Waals surface area contributed by atoms with E-state index in [1.807, 2.05) is 36.4 Å². The minimum Gasteiger partial charge on any atom is -0.457 e. The summed E-state index contributed by atoms with van der Waals surface area (Å²) in [5.74, 6) is -1.60. The van der Waals surface area contributed by atoms with Crippen molar-refractivity contribution in [3.05, 3.63) is 98.8 Å². The first kappa shape index (κ1) is 21.7. The molecule has 0 unspecified atom stereocenters. The van der Waals surface area contributed by atoms with Crippen molar-refractivity contribution >= 4 is 22.8 Å². The molecule has 0 amide bonds. The van der Waals surface area contributed by atoms with Crippen molar-refractivity contribution in [2.75, 3.05) is 0 Å². The number of nitrogens with zero attached hydrogens (tertiary/aromatic N) is 3. The van der Waals surface area contributed by atoms with Crippen LogP contribution in [0.2, 0.25) is 0 Å². The number of fused-ring (bicyclic) bond motifs is 5. The topological polar surface area (TPSA) is 111 Å². The molecule has 0 aliphatic carbocycles. The Hall–Kier alpha value is -4.77. The van der Waals surface area contributed by atoms with Crippen molar-refractivity contribution in [3.8, 4) is 17.5 Å². The van der Waals surface area contributed by atoms with Crippen LogP contribution in [-0.4, -0.2) is 21.5 Å². The summed E-state index contributed by atoms with van der Waals surface area (Å²) < 4.78 is 12.8. The van der Waals surface area contributed by atoms with E-state index < -0.39 is 17.5 Å². The molecule has 2 aromatic heterocycles. The van der Waals surface area contributed by atoms with Gasteiger partial charge in [0.05, 0.1) is 40.1 Å². The van der Waals surface area contributed by atoms with Crippen molar-refractivity contribution < 1.29 is 19.1 Å². The number of pyridine rings is 2. The molecule has 1 atom stereocenters. The fourth-order valence-electron chi connectivity index (χ4n) is 5.05. The van der Waals surface area contributed by atoms with Gasteiger partial charge in [0, 0.05) is 16.5 Å². The zero-order valence-corrected chi connectivity index (χ0v) is 19.3. The van der Waals surface area contributed by atoms with Gasteiger partial charge in [-0.05, 0) is 36.8 Å². The van der Waals surface area contributed by atoms with E-state index in [2.05, 4.69) is 0 Å². The Labute approximate surface area is 205 Å². The van der Waals surface area contributed by atoms with Gasteiger partial charge in [0.1, 0.15) is 12.7 Å². The van der Waals surface area contributed by atoms with Crippen molar-refractivity contribution in [3.63, 3.8) is 0 Å². The predicted octanol–water partition coefficient (Wildman–Crippen LogP) is 3.82. The van der Waals surface area contributed by atoms with Gasteiger partial charge in [0.15, 0.2) is 0 Å².